The fourth-order valence-corrected chi connectivity index (χ4v) is 1.50. The zero-order valence-corrected chi connectivity index (χ0v) is 12.2. The minimum absolute atomic E-state index is 0.130. The van der Waals surface area contributed by atoms with Crippen molar-refractivity contribution in [2.75, 3.05) is 5.32 Å². The normalized spacial score (nSPS) is 10.9. The molecule has 0 aliphatic heterocycles. The highest BCUT2D eigenvalue weighted by Gasteiger charge is 2.21. The minimum Gasteiger partial charge on any atom is -0.444 e. The summed E-state index contributed by atoms with van der Waals surface area (Å²) in [6.07, 6.45) is 0.639. The van der Waals surface area contributed by atoms with Crippen molar-refractivity contribution < 1.29 is 14.5 Å². The van der Waals surface area contributed by atoms with Crippen LogP contribution >= 0.6 is 22.6 Å². The summed E-state index contributed by atoms with van der Waals surface area (Å²) >= 11 is 1.90. The van der Waals surface area contributed by atoms with Crippen LogP contribution in [0.4, 0.5) is 16.3 Å². The number of pyridine rings is 1. The summed E-state index contributed by atoms with van der Waals surface area (Å²) in [5, 5.41) is 13.1. The lowest BCUT2D eigenvalue weighted by Gasteiger charge is -2.19. The summed E-state index contributed by atoms with van der Waals surface area (Å²) in [4.78, 5) is 25.5. The molecule has 0 atom stereocenters. The number of amides is 1. The van der Waals surface area contributed by atoms with Gasteiger partial charge < -0.3 is 4.74 Å². The van der Waals surface area contributed by atoms with Gasteiger partial charge in [-0.3, -0.25) is 15.4 Å². The molecule has 1 rings (SSSR count). The van der Waals surface area contributed by atoms with Crippen LogP contribution in [0.3, 0.4) is 0 Å². The molecule has 0 aromatic carbocycles. The third-order valence-electron chi connectivity index (χ3n) is 1.65. The molecule has 0 saturated heterocycles. The van der Waals surface area contributed by atoms with Crippen LogP contribution in [0, 0.1) is 13.7 Å². The molecule has 0 fully saturated rings. The number of nitrogens with one attached hydrogen (secondary N) is 1. The first kappa shape index (κ1) is 14.6. The summed E-state index contributed by atoms with van der Waals surface area (Å²) in [7, 11) is 0. The Kier molecular flexibility index (Phi) is 4.43. The van der Waals surface area contributed by atoms with Gasteiger partial charge in [0.05, 0.1) is 4.92 Å². The average Bonchev–Trinajstić information content (AvgIpc) is 2.17. The second kappa shape index (κ2) is 5.46. The van der Waals surface area contributed by atoms with E-state index >= 15 is 0 Å². The Morgan fingerprint density at radius 1 is 1.56 bits per heavy atom. The molecule has 0 aliphatic rings. The van der Waals surface area contributed by atoms with Crippen molar-refractivity contribution in [3.8, 4) is 0 Å². The molecule has 0 saturated carbocycles. The molecule has 1 N–H and O–H groups in total. The van der Waals surface area contributed by atoms with Crippen molar-refractivity contribution in [1.29, 1.82) is 0 Å². The number of nitro groups is 1. The number of carbonyl (C=O) groups is 1. The number of hydrogen-bond acceptors (Lipinski definition) is 5. The van der Waals surface area contributed by atoms with Gasteiger partial charge in [0.1, 0.15) is 5.60 Å². The van der Waals surface area contributed by atoms with Gasteiger partial charge >= 0.3 is 11.8 Å². The van der Waals surface area contributed by atoms with Gasteiger partial charge in [0.25, 0.3) is 0 Å². The monoisotopic (exact) mass is 365 g/mol. The van der Waals surface area contributed by atoms with Crippen LogP contribution in [0.2, 0.25) is 0 Å². The molecule has 0 aliphatic carbocycles. The van der Waals surface area contributed by atoms with Gasteiger partial charge in [0.15, 0.2) is 0 Å². The Hall–Kier alpha value is -1.45. The van der Waals surface area contributed by atoms with Crippen LogP contribution in [-0.4, -0.2) is 21.6 Å². The van der Waals surface area contributed by atoms with Crippen LogP contribution in [-0.2, 0) is 4.74 Å². The zero-order valence-electron chi connectivity index (χ0n) is 10.1. The molecule has 0 unspecified atom stereocenters. The zero-order chi connectivity index (χ0) is 13.9. The number of nitrogens with zero attached hydrogens (tertiary/aromatic N) is 2. The molecule has 1 aromatic rings. The molecule has 18 heavy (non-hydrogen) atoms. The van der Waals surface area contributed by atoms with Crippen molar-refractivity contribution in [3.63, 3.8) is 0 Å². The second-order valence-corrected chi connectivity index (χ2v) is 5.65. The van der Waals surface area contributed by atoms with E-state index in [1.165, 1.54) is 12.3 Å². The number of halogens is 1. The number of hydrogen-bond donors (Lipinski definition) is 1. The van der Waals surface area contributed by atoms with E-state index in [1.54, 1.807) is 20.8 Å². The minimum atomic E-state index is -0.778. The maximum Gasteiger partial charge on any atom is 0.413 e. The van der Waals surface area contributed by atoms with Gasteiger partial charge in [-0.05, 0) is 43.4 Å². The van der Waals surface area contributed by atoms with Gasteiger partial charge in [-0.1, -0.05) is 0 Å². The lowest BCUT2D eigenvalue weighted by Crippen LogP contribution is -2.27. The predicted molar refractivity (Wildman–Crippen MR) is 73.5 cm³/mol. The van der Waals surface area contributed by atoms with Gasteiger partial charge in [-0.25, -0.2) is 9.78 Å². The van der Waals surface area contributed by atoms with E-state index in [9.17, 15) is 14.9 Å². The van der Waals surface area contributed by atoms with E-state index in [-0.39, 0.29) is 11.5 Å². The predicted octanol–water partition coefficient (Wildman–Crippen LogP) is 2.94. The highest BCUT2D eigenvalue weighted by atomic mass is 127. The number of rotatable bonds is 2. The Bertz CT molecular complexity index is 485. The number of carbonyl (C=O) groups excluding carboxylic acids is 1. The van der Waals surface area contributed by atoms with Crippen LogP contribution in [0.5, 0.6) is 0 Å². The van der Waals surface area contributed by atoms with Crippen molar-refractivity contribution in [3.05, 3.63) is 25.9 Å². The first-order chi connectivity index (χ1) is 8.19. The maximum atomic E-state index is 11.5. The molecule has 0 bridgehead atoms. The smallest absolute Gasteiger partial charge is 0.413 e. The molecule has 1 amide bonds. The van der Waals surface area contributed by atoms with Crippen LogP contribution in [0.15, 0.2) is 12.3 Å². The van der Waals surface area contributed by atoms with Crippen LogP contribution in [0.25, 0.3) is 0 Å². The fraction of sp³-hybridized carbons (Fsp3) is 0.400. The molecule has 1 aromatic heterocycles. The van der Waals surface area contributed by atoms with Gasteiger partial charge in [0.2, 0.25) is 5.82 Å². The number of anilines is 1. The van der Waals surface area contributed by atoms with Gasteiger partial charge in [-0.2, -0.15) is 0 Å². The topological polar surface area (TPSA) is 94.4 Å². The van der Waals surface area contributed by atoms with Crippen molar-refractivity contribution in [1.82, 2.24) is 4.98 Å². The third kappa shape index (κ3) is 4.43. The van der Waals surface area contributed by atoms with Gasteiger partial charge in [0, 0.05) is 15.8 Å². The first-order valence-electron chi connectivity index (χ1n) is 4.99. The summed E-state index contributed by atoms with van der Waals surface area (Å²) < 4.78 is 5.60. The van der Waals surface area contributed by atoms with E-state index in [2.05, 4.69) is 10.3 Å². The summed E-state index contributed by atoms with van der Waals surface area (Å²) in [5.74, 6) is -0.130. The van der Waals surface area contributed by atoms with Crippen molar-refractivity contribution in [2.24, 2.45) is 0 Å². The van der Waals surface area contributed by atoms with Crippen LogP contribution in [0.1, 0.15) is 20.8 Å². The Balaban J connectivity index is 2.91. The highest BCUT2D eigenvalue weighted by Crippen LogP contribution is 2.24. The van der Waals surface area contributed by atoms with E-state index in [0.29, 0.717) is 3.57 Å². The van der Waals surface area contributed by atoms with E-state index in [4.69, 9.17) is 4.74 Å². The van der Waals surface area contributed by atoms with Crippen molar-refractivity contribution in [2.45, 2.75) is 26.4 Å². The molecule has 0 radical (unpaired) electrons. The molecule has 8 heteroatoms. The van der Waals surface area contributed by atoms with E-state index in [0.717, 1.165) is 0 Å². The standard InChI is InChI=1S/C10H12IN3O4/c1-10(2,3)18-9(15)13-8-7(14(16)17)4-6(11)5-12-8/h4-5H,1-3H3,(H,12,13,15). The molecule has 98 valence electrons. The summed E-state index contributed by atoms with van der Waals surface area (Å²) in [6, 6.07) is 1.32. The lowest BCUT2D eigenvalue weighted by atomic mass is 10.2. The van der Waals surface area contributed by atoms with Crippen molar-refractivity contribution >= 4 is 40.2 Å². The van der Waals surface area contributed by atoms with Gasteiger partial charge in [-0.15, -0.1) is 0 Å². The average molecular weight is 365 g/mol. The fourth-order valence-electron chi connectivity index (χ4n) is 1.06. The van der Waals surface area contributed by atoms with E-state index in [1.807, 2.05) is 22.6 Å². The van der Waals surface area contributed by atoms with Crippen LogP contribution < -0.4 is 5.32 Å². The van der Waals surface area contributed by atoms with E-state index < -0.39 is 16.6 Å². The Morgan fingerprint density at radius 3 is 2.67 bits per heavy atom. The number of aromatic nitrogens is 1. The molecule has 0 spiro atoms. The maximum absolute atomic E-state index is 11.5. The molecule has 7 nitrogen and oxygen atoms in total. The molecular weight excluding hydrogens is 353 g/mol. The Labute approximate surface area is 117 Å². The summed E-state index contributed by atoms with van der Waals surface area (Å²) in [6.45, 7) is 5.09. The second-order valence-electron chi connectivity index (χ2n) is 4.41. The summed E-state index contributed by atoms with van der Waals surface area (Å²) in [5.41, 5.74) is -0.949. The molecular formula is C10H12IN3O4. The Morgan fingerprint density at radius 2 is 2.17 bits per heavy atom. The SMILES string of the molecule is CC(C)(C)OC(=O)Nc1ncc(I)cc1[N+](=O)[O-]. The quantitative estimate of drug-likeness (QED) is 0.494. The molecule has 1 heterocycles. The largest absolute Gasteiger partial charge is 0.444 e. The third-order valence-corrected chi connectivity index (χ3v) is 2.24. The lowest BCUT2D eigenvalue weighted by molar-refractivity contribution is -0.384. The first-order valence-corrected chi connectivity index (χ1v) is 6.07. The number of ether oxygens (including phenoxy) is 1. The highest BCUT2D eigenvalue weighted by molar-refractivity contribution is 14.1.